The lowest BCUT2D eigenvalue weighted by atomic mass is 9.89. The molecule has 160 valence electrons. The molecule has 0 bridgehead atoms. The number of aromatic nitrogens is 2. The van der Waals surface area contributed by atoms with Gasteiger partial charge in [0.1, 0.15) is 18.2 Å². The Hall–Kier alpha value is -3.32. The summed E-state index contributed by atoms with van der Waals surface area (Å²) in [6, 6.07) is 18.0. The molecule has 31 heavy (non-hydrogen) atoms. The molecule has 4 aromatic rings. The summed E-state index contributed by atoms with van der Waals surface area (Å²) in [5.41, 5.74) is 2.52. The van der Waals surface area contributed by atoms with Crippen molar-refractivity contribution in [3.8, 4) is 16.9 Å². The minimum absolute atomic E-state index is 0.0929. The van der Waals surface area contributed by atoms with Crippen LogP contribution in [0.15, 0.2) is 66.7 Å². The third-order valence-electron chi connectivity index (χ3n) is 4.99. The number of aromatic amines is 1. The van der Waals surface area contributed by atoms with Crippen molar-refractivity contribution in [2.75, 3.05) is 0 Å². The largest absolute Gasteiger partial charge is 0.486 e. The van der Waals surface area contributed by atoms with Gasteiger partial charge in [-0.25, -0.2) is 4.98 Å². The van der Waals surface area contributed by atoms with Gasteiger partial charge >= 0.3 is 6.18 Å². The van der Waals surface area contributed by atoms with Gasteiger partial charge in [-0.1, -0.05) is 30.3 Å². The lowest BCUT2D eigenvalue weighted by Gasteiger charge is -2.21. The van der Waals surface area contributed by atoms with Gasteiger partial charge in [0, 0.05) is 0 Å². The Morgan fingerprint density at radius 1 is 0.968 bits per heavy atom. The van der Waals surface area contributed by atoms with Crippen molar-refractivity contribution < 1.29 is 23.0 Å². The number of aliphatic hydroxyl groups is 1. The molecule has 0 aliphatic carbocycles. The van der Waals surface area contributed by atoms with Crippen LogP contribution in [0.4, 0.5) is 13.2 Å². The Morgan fingerprint density at radius 3 is 2.35 bits per heavy atom. The van der Waals surface area contributed by atoms with Gasteiger partial charge in [-0.2, -0.15) is 13.2 Å². The van der Waals surface area contributed by atoms with Gasteiger partial charge < -0.3 is 14.8 Å². The molecular weight excluding hydrogens is 405 g/mol. The summed E-state index contributed by atoms with van der Waals surface area (Å²) in [5.74, 6) is 0.885. The zero-order valence-electron chi connectivity index (χ0n) is 17.0. The van der Waals surface area contributed by atoms with Gasteiger partial charge in [0.2, 0.25) is 0 Å². The van der Waals surface area contributed by atoms with E-state index in [1.807, 2.05) is 42.5 Å². The summed E-state index contributed by atoms with van der Waals surface area (Å²) < 4.78 is 43.6. The zero-order valence-corrected chi connectivity index (χ0v) is 17.0. The van der Waals surface area contributed by atoms with E-state index >= 15 is 0 Å². The van der Waals surface area contributed by atoms with Crippen molar-refractivity contribution in [2.45, 2.75) is 32.2 Å². The number of rotatable bonds is 5. The molecule has 0 atom stereocenters. The molecule has 7 heteroatoms. The number of nitrogens with one attached hydrogen (secondary N) is 1. The standard InChI is InChI=1S/C24H21F3N2O2/c1-23(2,30)19-6-4-3-5-18(19)15-7-12-20-21(13-15)29-22(28-20)14-31-17-10-8-16(9-11-17)24(25,26)27/h3-13,30H,14H2,1-2H3,(H,28,29). The molecule has 1 heterocycles. The van der Waals surface area contributed by atoms with E-state index in [1.165, 1.54) is 12.1 Å². The van der Waals surface area contributed by atoms with E-state index in [9.17, 15) is 18.3 Å². The first-order valence-electron chi connectivity index (χ1n) is 9.72. The molecule has 0 aliphatic heterocycles. The number of nitrogens with zero attached hydrogens (tertiary/aromatic N) is 1. The minimum Gasteiger partial charge on any atom is -0.486 e. The molecular formula is C24H21F3N2O2. The highest BCUT2D eigenvalue weighted by Crippen LogP contribution is 2.33. The number of hydrogen-bond donors (Lipinski definition) is 2. The van der Waals surface area contributed by atoms with Crippen molar-refractivity contribution in [3.63, 3.8) is 0 Å². The van der Waals surface area contributed by atoms with E-state index in [2.05, 4.69) is 9.97 Å². The SMILES string of the molecule is CC(C)(O)c1ccccc1-c1ccc2nc(COc3ccc(C(F)(F)F)cc3)[nH]c2c1. The summed E-state index contributed by atoms with van der Waals surface area (Å²) in [7, 11) is 0. The summed E-state index contributed by atoms with van der Waals surface area (Å²) in [6.07, 6.45) is -4.38. The summed E-state index contributed by atoms with van der Waals surface area (Å²) in [4.78, 5) is 7.67. The average molecular weight is 426 g/mol. The zero-order chi connectivity index (χ0) is 22.2. The van der Waals surface area contributed by atoms with Crippen LogP contribution in [0.25, 0.3) is 22.2 Å². The second-order valence-electron chi connectivity index (χ2n) is 7.83. The highest BCUT2D eigenvalue weighted by molar-refractivity contribution is 5.83. The fourth-order valence-electron chi connectivity index (χ4n) is 3.46. The number of H-pyrrole nitrogens is 1. The molecule has 0 fully saturated rings. The highest BCUT2D eigenvalue weighted by Gasteiger charge is 2.30. The van der Waals surface area contributed by atoms with E-state index in [4.69, 9.17) is 4.74 Å². The number of fused-ring (bicyclic) bond motifs is 1. The van der Waals surface area contributed by atoms with Crippen LogP contribution in [-0.2, 0) is 18.4 Å². The van der Waals surface area contributed by atoms with E-state index in [0.29, 0.717) is 11.6 Å². The normalized spacial score (nSPS) is 12.3. The molecule has 2 N–H and O–H groups in total. The van der Waals surface area contributed by atoms with Gasteiger partial charge in [0.05, 0.1) is 22.2 Å². The molecule has 4 rings (SSSR count). The van der Waals surface area contributed by atoms with Crippen molar-refractivity contribution >= 4 is 11.0 Å². The lowest BCUT2D eigenvalue weighted by Crippen LogP contribution is -2.16. The van der Waals surface area contributed by atoms with E-state index in [0.717, 1.165) is 39.9 Å². The van der Waals surface area contributed by atoms with Crippen LogP contribution < -0.4 is 4.74 Å². The Morgan fingerprint density at radius 2 is 1.68 bits per heavy atom. The average Bonchev–Trinajstić information content (AvgIpc) is 3.13. The fourth-order valence-corrected chi connectivity index (χ4v) is 3.46. The molecule has 0 saturated carbocycles. The van der Waals surface area contributed by atoms with Crippen molar-refractivity contribution in [1.82, 2.24) is 9.97 Å². The highest BCUT2D eigenvalue weighted by atomic mass is 19.4. The second kappa shape index (κ2) is 7.74. The third-order valence-corrected chi connectivity index (χ3v) is 4.99. The molecule has 1 aromatic heterocycles. The number of benzene rings is 3. The monoisotopic (exact) mass is 426 g/mol. The molecule has 4 nitrogen and oxygen atoms in total. The maximum atomic E-state index is 12.7. The number of alkyl halides is 3. The molecule has 0 unspecified atom stereocenters. The van der Waals surface area contributed by atoms with E-state index in [-0.39, 0.29) is 6.61 Å². The molecule has 0 saturated heterocycles. The van der Waals surface area contributed by atoms with E-state index in [1.54, 1.807) is 13.8 Å². The van der Waals surface area contributed by atoms with Crippen LogP contribution in [0.3, 0.4) is 0 Å². The van der Waals surface area contributed by atoms with Gasteiger partial charge in [-0.05, 0) is 66.9 Å². The third kappa shape index (κ3) is 4.56. The first-order valence-corrected chi connectivity index (χ1v) is 9.72. The molecule has 0 spiro atoms. The summed E-state index contributed by atoms with van der Waals surface area (Å²) in [5, 5.41) is 10.5. The smallest absolute Gasteiger partial charge is 0.416 e. The van der Waals surface area contributed by atoms with Gasteiger partial charge in [0.15, 0.2) is 0 Å². The minimum atomic E-state index is -4.38. The van der Waals surface area contributed by atoms with Crippen LogP contribution in [0, 0.1) is 0 Å². The number of halogens is 3. The van der Waals surface area contributed by atoms with Gasteiger partial charge in [-0.3, -0.25) is 0 Å². The predicted octanol–water partition coefficient (Wildman–Crippen LogP) is 6.06. The Kier molecular flexibility index (Phi) is 5.23. The molecule has 0 amide bonds. The topological polar surface area (TPSA) is 58.1 Å². The van der Waals surface area contributed by atoms with Crippen molar-refractivity contribution in [1.29, 1.82) is 0 Å². The van der Waals surface area contributed by atoms with Gasteiger partial charge in [0.25, 0.3) is 0 Å². The fraction of sp³-hybridized carbons (Fsp3) is 0.208. The van der Waals surface area contributed by atoms with Crippen LogP contribution in [0.2, 0.25) is 0 Å². The quantitative estimate of drug-likeness (QED) is 0.408. The lowest BCUT2D eigenvalue weighted by molar-refractivity contribution is -0.137. The van der Waals surface area contributed by atoms with Crippen molar-refractivity contribution in [2.24, 2.45) is 0 Å². The van der Waals surface area contributed by atoms with Crippen molar-refractivity contribution in [3.05, 3.63) is 83.7 Å². The van der Waals surface area contributed by atoms with Gasteiger partial charge in [-0.15, -0.1) is 0 Å². The first-order chi connectivity index (χ1) is 14.6. The van der Waals surface area contributed by atoms with Crippen LogP contribution in [0.1, 0.15) is 30.8 Å². The molecule has 0 radical (unpaired) electrons. The van der Waals surface area contributed by atoms with Crippen LogP contribution >= 0.6 is 0 Å². The van der Waals surface area contributed by atoms with Crippen LogP contribution in [0.5, 0.6) is 5.75 Å². The number of ether oxygens (including phenoxy) is 1. The summed E-state index contributed by atoms with van der Waals surface area (Å²) in [6.45, 7) is 3.59. The number of imidazole rings is 1. The summed E-state index contributed by atoms with van der Waals surface area (Å²) >= 11 is 0. The Bertz CT molecular complexity index is 1210. The Balaban J connectivity index is 1.55. The van der Waals surface area contributed by atoms with Crippen LogP contribution in [-0.4, -0.2) is 15.1 Å². The maximum absolute atomic E-state index is 12.7. The Labute approximate surface area is 177 Å². The molecule has 3 aromatic carbocycles. The first kappa shape index (κ1) is 20.9. The number of hydrogen-bond acceptors (Lipinski definition) is 3. The van der Waals surface area contributed by atoms with E-state index < -0.39 is 17.3 Å². The second-order valence-corrected chi connectivity index (χ2v) is 7.83. The molecule has 0 aliphatic rings. The maximum Gasteiger partial charge on any atom is 0.416 e. The predicted molar refractivity (Wildman–Crippen MR) is 113 cm³/mol.